The van der Waals surface area contributed by atoms with Crippen LogP contribution in [0.3, 0.4) is 0 Å². The quantitative estimate of drug-likeness (QED) is 0.858. The summed E-state index contributed by atoms with van der Waals surface area (Å²) in [6, 6.07) is 3.57. The Hall–Kier alpha value is -1.62. The molecule has 1 aromatic rings. The third kappa shape index (κ3) is 5.14. The molecule has 0 aliphatic heterocycles. The van der Waals surface area contributed by atoms with Crippen LogP contribution in [-0.2, 0) is 4.74 Å². The van der Waals surface area contributed by atoms with Gasteiger partial charge in [0.05, 0.1) is 6.04 Å². The van der Waals surface area contributed by atoms with Crippen molar-refractivity contribution in [2.75, 3.05) is 6.54 Å². The summed E-state index contributed by atoms with van der Waals surface area (Å²) in [5.41, 5.74) is 6.03. The fourth-order valence-corrected chi connectivity index (χ4v) is 1.53. The Labute approximate surface area is 108 Å². The van der Waals surface area contributed by atoms with Gasteiger partial charge < -0.3 is 15.8 Å². The zero-order valence-electron chi connectivity index (χ0n) is 11.1. The first-order valence-electron chi connectivity index (χ1n) is 6.02. The number of aromatic nitrogens is 1. The average Bonchev–Trinajstić information content (AvgIpc) is 2.27. The van der Waals surface area contributed by atoms with Crippen molar-refractivity contribution >= 4 is 6.09 Å². The molecule has 18 heavy (non-hydrogen) atoms. The second-order valence-corrected chi connectivity index (χ2v) is 5.06. The second-order valence-electron chi connectivity index (χ2n) is 5.06. The predicted molar refractivity (Wildman–Crippen MR) is 70.0 cm³/mol. The Bertz CT molecular complexity index is 374. The van der Waals surface area contributed by atoms with Crippen LogP contribution in [0.15, 0.2) is 24.5 Å². The van der Waals surface area contributed by atoms with Crippen LogP contribution in [-0.4, -0.2) is 23.2 Å². The number of carbonyl (C=O) groups is 1. The standard InChI is InChI=1S/C13H21N3O2/c1-13(2,3)18-12(17)16-11(4-7-14)10-5-8-15-9-6-10/h5-6,8-9,11H,4,7,14H2,1-3H3,(H,16,17). The van der Waals surface area contributed by atoms with Crippen molar-refractivity contribution in [2.24, 2.45) is 5.73 Å². The molecule has 5 heteroatoms. The van der Waals surface area contributed by atoms with E-state index in [0.717, 1.165) is 5.56 Å². The molecule has 3 N–H and O–H groups in total. The number of hydrogen-bond acceptors (Lipinski definition) is 4. The highest BCUT2D eigenvalue weighted by Gasteiger charge is 2.19. The lowest BCUT2D eigenvalue weighted by atomic mass is 10.1. The highest BCUT2D eigenvalue weighted by atomic mass is 16.6. The first kappa shape index (κ1) is 14.4. The van der Waals surface area contributed by atoms with Gasteiger partial charge in [-0.2, -0.15) is 0 Å². The van der Waals surface area contributed by atoms with Crippen LogP contribution in [0.1, 0.15) is 38.8 Å². The molecular formula is C13H21N3O2. The zero-order chi connectivity index (χ0) is 13.6. The Kier molecular flexibility index (Phi) is 5.09. The fraction of sp³-hybridized carbons (Fsp3) is 0.538. The number of alkyl carbamates (subject to hydrolysis) is 1. The van der Waals surface area contributed by atoms with Crippen molar-refractivity contribution in [3.05, 3.63) is 30.1 Å². The molecule has 1 heterocycles. The second kappa shape index (κ2) is 6.35. The van der Waals surface area contributed by atoms with E-state index in [0.29, 0.717) is 13.0 Å². The van der Waals surface area contributed by atoms with Crippen LogP contribution >= 0.6 is 0 Å². The van der Waals surface area contributed by atoms with Crippen molar-refractivity contribution in [1.82, 2.24) is 10.3 Å². The normalized spacial score (nSPS) is 12.9. The average molecular weight is 251 g/mol. The van der Waals surface area contributed by atoms with Gasteiger partial charge in [0.2, 0.25) is 0 Å². The van der Waals surface area contributed by atoms with Crippen molar-refractivity contribution in [1.29, 1.82) is 0 Å². The van der Waals surface area contributed by atoms with Gasteiger partial charge in [0, 0.05) is 12.4 Å². The van der Waals surface area contributed by atoms with Gasteiger partial charge in [0.15, 0.2) is 0 Å². The molecule has 0 aliphatic rings. The molecule has 0 bridgehead atoms. The van der Waals surface area contributed by atoms with Crippen LogP contribution < -0.4 is 11.1 Å². The molecule has 0 aromatic carbocycles. The van der Waals surface area contributed by atoms with Gasteiger partial charge in [-0.3, -0.25) is 4.98 Å². The largest absolute Gasteiger partial charge is 0.444 e. The number of carbonyl (C=O) groups excluding carboxylic acids is 1. The van der Waals surface area contributed by atoms with E-state index in [-0.39, 0.29) is 6.04 Å². The van der Waals surface area contributed by atoms with Gasteiger partial charge in [-0.25, -0.2) is 4.79 Å². The summed E-state index contributed by atoms with van der Waals surface area (Å²) in [5, 5.41) is 2.82. The number of pyridine rings is 1. The van der Waals surface area contributed by atoms with E-state index < -0.39 is 11.7 Å². The molecule has 0 fully saturated rings. The summed E-state index contributed by atoms with van der Waals surface area (Å²) in [5.74, 6) is 0. The maximum absolute atomic E-state index is 11.7. The minimum atomic E-state index is -0.504. The van der Waals surface area contributed by atoms with Crippen molar-refractivity contribution < 1.29 is 9.53 Å². The maximum atomic E-state index is 11.7. The van der Waals surface area contributed by atoms with Gasteiger partial charge in [0.1, 0.15) is 5.60 Å². The molecule has 1 amide bonds. The number of rotatable bonds is 4. The van der Waals surface area contributed by atoms with E-state index in [2.05, 4.69) is 10.3 Å². The van der Waals surface area contributed by atoms with Gasteiger partial charge in [-0.05, 0) is 51.4 Å². The molecule has 0 spiro atoms. The lowest BCUT2D eigenvalue weighted by molar-refractivity contribution is 0.0501. The van der Waals surface area contributed by atoms with E-state index in [1.807, 2.05) is 32.9 Å². The van der Waals surface area contributed by atoms with Crippen LogP contribution in [0.5, 0.6) is 0 Å². The molecule has 0 saturated carbocycles. The van der Waals surface area contributed by atoms with Crippen LogP contribution in [0.2, 0.25) is 0 Å². The minimum absolute atomic E-state index is 0.146. The summed E-state index contributed by atoms with van der Waals surface area (Å²) in [7, 11) is 0. The Morgan fingerprint density at radius 1 is 1.44 bits per heavy atom. The summed E-state index contributed by atoms with van der Waals surface area (Å²) in [6.07, 6.45) is 3.60. The van der Waals surface area contributed by atoms with E-state index in [9.17, 15) is 4.79 Å². The Morgan fingerprint density at radius 2 is 2.06 bits per heavy atom. The van der Waals surface area contributed by atoms with Gasteiger partial charge in [0.25, 0.3) is 0 Å². The monoisotopic (exact) mass is 251 g/mol. The summed E-state index contributed by atoms with van der Waals surface area (Å²) in [6.45, 7) is 5.98. The molecule has 1 atom stereocenters. The lowest BCUT2D eigenvalue weighted by Gasteiger charge is -2.23. The highest BCUT2D eigenvalue weighted by Crippen LogP contribution is 2.16. The Balaban J connectivity index is 2.67. The third-order valence-electron chi connectivity index (χ3n) is 2.25. The summed E-state index contributed by atoms with van der Waals surface area (Å²) in [4.78, 5) is 15.7. The molecule has 0 aliphatic carbocycles. The van der Waals surface area contributed by atoms with Gasteiger partial charge >= 0.3 is 6.09 Å². The van der Waals surface area contributed by atoms with Crippen molar-refractivity contribution in [3.63, 3.8) is 0 Å². The zero-order valence-corrected chi connectivity index (χ0v) is 11.1. The van der Waals surface area contributed by atoms with Gasteiger partial charge in [-0.1, -0.05) is 0 Å². The molecule has 1 unspecified atom stereocenters. The maximum Gasteiger partial charge on any atom is 0.408 e. The van der Waals surface area contributed by atoms with Crippen LogP contribution in [0.25, 0.3) is 0 Å². The number of amides is 1. The lowest BCUT2D eigenvalue weighted by Crippen LogP contribution is -2.35. The van der Waals surface area contributed by atoms with E-state index >= 15 is 0 Å². The molecule has 0 radical (unpaired) electrons. The highest BCUT2D eigenvalue weighted by molar-refractivity contribution is 5.68. The minimum Gasteiger partial charge on any atom is -0.444 e. The first-order valence-corrected chi connectivity index (χ1v) is 6.02. The fourth-order valence-electron chi connectivity index (χ4n) is 1.53. The molecule has 0 saturated heterocycles. The molecule has 1 aromatic heterocycles. The van der Waals surface area contributed by atoms with E-state index in [1.165, 1.54) is 0 Å². The number of nitrogens with zero attached hydrogens (tertiary/aromatic N) is 1. The third-order valence-corrected chi connectivity index (χ3v) is 2.25. The smallest absolute Gasteiger partial charge is 0.408 e. The molecular weight excluding hydrogens is 230 g/mol. The van der Waals surface area contributed by atoms with Crippen LogP contribution in [0, 0.1) is 0 Å². The molecule has 100 valence electrons. The first-order chi connectivity index (χ1) is 8.42. The van der Waals surface area contributed by atoms with E-state index in [4.69, 9.17) is 10.5 Å². The van der Waals surface area contributed by atoms with Crippen molar-refractivity contribution in [2.45, 2.75) is 38.8 Å². The number of nitrogens with one attached hydrogen (secondary N) is 1. The number of ether oxygens (including phenoxy) is 1. The number of hydrogen-bond donors (Lipinski definition) is 2. The van der Waals surface area contributed by atoms with E-state index in [1.54, 1.807) is 12.4 Å². The van der Waals surface area contributed by atoms with Crippen molar-refractivity contribution in [3.8, 4) is 0 Å². The predicted octanol–water partition coefficient (Wildman–Crippen LogP) is 2.00. The van der Waals surface area contributed by atoms with Gasteiger partial charge in [-0.15, -0.1) is 0 Å². The number of nitrogens with two attached hydrogens (primary N) is 1. The molecule has 1 rings (SSSR count). The molecule has 5 nitrogen and oxygen atoms in total. The van der Waals surface area contributed by atoms with Crippen LogP contribution in [0.4, 0.5) is 4.79 Å². The SMILES string of the molecule is CC(C)(C)OC(=O)NC(CCN)c1ccncc1. The summed E-state index contributed by atoms with van der Waals surface area (Å²) >= 11 is 0. The topological polar surface area (TPSA) is 77.2 Å². The Morgan fingerprint density at radius 3 is 2.56 bits per heavy atom. The summed E-state index contributed by atoms with van der Waals surface area (Å²) < 4.78 is 5.23.